The van der Waals surface area contributed by atoms with Crippen LogP contribution < -0.4 is 5.73 Å². The van der Waals surface area contributed by atoms with Gasteiger partial charge in [-0.05, 0) is 24.6 Å². The number of aromatic nitrogens is 3. The average Bonchev–Trinajstić information content (AvgIpc) is 2.84. The fourth-order valence-electron chi connectivity index (χ4n) is 2.35. The van der Waals surface area contributed by atoms with E-state index in [-0.39, 0.29) is 17.9 Å². The van der Waals surface area contributed by atoms with Gasteiger partial charge in [-0.2, -0.15) is 5.10 Å². The van der Waals surface area contributed by atoms with Gasteiger partial charge in [-0.25, -0.2) is 14.1 Å². The summed E-state index contributed by atoms with van der Waals surface area (Å²) in [5.74, 6) is 1.48. The number of hydrogen-bond acceptors (Lipinski definition) is 3. The quantitative estimate of drug-likeness (QED) is 0.912. The van der Waals surface area contributed by atoms with Crippen molar-refractivity contribution in [3.05, 3.63) is 47.3 Å². The van der Waals surface area contributed by atoms with E-state index in [0.717, 1.165) is 30.1 Å². The Hall–Kier alpha value is -1.75. The average molecular weight is 276 g/mol. The van der Waals surface area contributed by atoms with Gasteiger partial charge in [0.05, 0.1) is 6.04 Å². The van der Waals surface area contributed by atoms with E-state index in [2.05, 4.69) is 10.1 Å². The van der Waals surface area contributed by atoms with Gasteiger partial charge < -0.3 is 5.73 Å². The van der Waals surface area contributed by atoms with Crippen LogP contribution in [0.3, 0.4) is 0 Å². The number of aryl methyl sites for hydroxylation is 2. The van der Waals surface area contributed by atoms with Gasteiger partial charge in [0.1, 0.15) is 11.6 Å². The highest BCUT2D eigenvalue weighted by Gasteiger charge is 2.23. The van der Waals surface area contributed by atoms with Gasteiger partial charge in [-0.15, -0.1) is 0 Å². The lowest BCUT2D eigenvalue weighted by Crippen LogP contribution is -2.32. The zero-order valence-corrected chi connectivity index (χ0v) is 12.2. The molecule has 0 fully saturated rings. The molecule has 0 aliphatic carbocycles. The second-order valence-electron chi connectivity index (χ2n) is 4.95. The molecule has 2 N–H and O–H groups in total. The van der Waals surface area contributed by atoms with Crippen LogP contribution in [0.4, 0.5) is 4.39 Å². The van der Waals surface area contributed by atoms with E-state index >= 15 is 0 Å². The van der Waals surface area contributed by atoms with Gasteiger partial charge in [-0.3, -0.25) is 0 Å². The summed E-state index contributed by atoms with van der Waals surface area (Å²) in [6.45, 7) is 6.00. The zero-order chi connectivity index (χ0) is 14.7. The van der Waals surface area contributed by atoms with Crippen molar-refractivity contribution < 1.29 is 4.39 Å². The molecule has 0 aliphatic rings. The Kier molecular flexibility index (Phi) is 4.49. The van der Waals surface area contributed by atoms with Gasteiger partial charge in [0.15, 0.2) is 5.82 Å². The first-order valence-corrected chi connectivity index (χ1v) is 7.02. The van der Waals surface area contributed by atoms with Crippen LogP contribution in [0.15, 0.2) is 24.3 Å². The first kappa shape index (κ1) is 14.7. The van der Waals surface area contributed by atoms with E-state index in [1.54, 1.807) is 12.1 Å². The number of halogens is 1. The highest BCUT2D eigenvalue weighted by molar-refractivity contribution is 5.22. The summed E-state index contributed by atoms with van der Waals surface area (Å²) in [4.78, 5) is 4.52. The lowest BCUT2D eigenvalue weighted by Gasteiger charge is -2.23. The summed E-state index contributed by atoms with van der Waals surface area (Å²) in [5, 5.41) is 4.55. The number of hydrogen-bond donors (Lipinski definition) is 1. The van der Waals surface area contributed by atoms with Crippen molar-refractivity contribution in [1.29, 1.82) is 0 Å². The van der Waals surface area contributed by atoms with Gasteiger partial charge in [-0.1, -0.05) is 26.0 Å². The highest BCUT2D eigenvalue weighted by Crippen LogP contribution is 2.23. The third kappa shape index (κ3) is 2.88. The van der Waals surface area contributed by atoms with E-state index < -0.39 is 0 Å². The fourth-order valence-corrected chi connectivity index (χ4v) is 2.35. The Morgan fingerprint density at radius 1 is 1.20 bits per heavy atom. The molecule has 2 aromatic rings. The molecule has 0 bridgehead atoms. The van der Waals surface area contributed by atoms with Crippen molar-refractivity contribution in [3.8, 4) is 0 Å². The summed E-state index contributed by atoms with van der Waals surface area (Å²) in [5.41, 5.74) is 7.08. The Morgan fingerprint density at radius 2 is 1.85 bits per heavy atom. The lowest BCUT2D eigenvalue weighted by molar-refractivity contribution is 0.436. The van der Waals surface area contributed by atoms with E-state index in [9.17, 15) is 4.39 Å². The maximum Gasteiger partial charge on any atom is 0.150 e. The van der Waals surface area contributed by atoms with Crippen LogP contribution in [0.1, 0.15) is 44.0 Å². The van der Waals surface area contributed by atoms with E-state index in [1.165, 1.54) is 12.1 Å². The molecular formula is C15H21FN4. The molecule has 0 radical (unpaired) electrons. The number of nitrogens with two attached hydrogens (primary N) is 1. The van der Waals surface area contributed by atoms with Crippen LogP contribution in [0.2, 0.25) is 0 Å². The number of rotatable bonds is 5. The largest absolute Gasteiger partial charge is 0.326 e. The molecule has 108 valence electrons. The number of nitrogens with zero attached hydrogens (tertiary/aromatic N) is 3. The van der Waals surface area contributed by atoms with Gasteiger partial charge >= 0.3 is 0 Å². The van der Waals surface area contributed by atoms with Crippen molar-refractivity contribution in [3.63, 3.8) is 0 Å². The molecule has 1 aromatic carbocycles. The molecule has 0 saturated heterocycles. The molecule has 2 unspecified atom stereocenters. The zero-order valence-electron chi connectivity index (χ0n) is 12.2. The van der Waals surface area contributed by atoms with E-state index in [1.807, 2.05) is 25.5 Å². The smallest absolute Gasteiger partial charge is 0.150 e. The Balaban J connectivity index is 2.48. The first-order chi connectivity index (χ1) is 9.56. The van der Waals surface area contributed by atoms with Crippen LogP contribution in [0.5, 0.6) is 0 Å². The SMILES string of the molecule is CCc1nc(CC)n(C(c2ccc(F)cc2)C(C)N)n1. The summed E-state index contributed by atoms with van der Waals surface area (Å²) >= 11 is 0. The molecule has 0 spiro atoms. The maximum atomic E-state index is 13.1. The summed E-state index contributed by atoms with van der Waals surface area (Å²) in [6.07, 6.45) is 1.58. The molecule has 1 aromatic heterocycles. The van der Waals surface area contributed by atoms with E-state index in [0.29, 0.717) is 0 Å². The minimum Gasteiger partial charge on any atom is -0.326 e. The minimum atomic E-state index is -0.249. The Bertz CT molecular complexity index is 560. The predicted molar refractivity (Wildman–Crippen MR) is 77.0 cm³/mol. The van der Waals surface area contributed by atoms with Crippen LogP contribution >= 0.6 is 0 Å². The van der Waals surface area contributed by atoms with Crippen molar-refractivity contribution >= 4 is 0 Å². The molecule has 1 heterocycles. The second-order valence-corrected chi connectivity index (χ2v) is 4.95. The fraction of sp³-hybridized carbons (Fsp3) is 0.467. The molecular weight excluding hydrogens is 255 g/mol. The summed E-state index contributed by atoms with van der Waals surface area (Å²) < 4.78 is 15.0. The molecule has 20 heavy (non-hydrogen) atoms. The van der Waals surface area contributed by atoms with Crippen LogP contribution in [0.25, 0.3) is 0 Å². The normalized spacial score (nSPS) is 14.2. The van der Waals surface area contributed by atoms with Crippen molar-refractivity contribution in [1.82, 2.24) is 14.8 Å². The second kappa shape index (κ2) is 6.13. The highest BCUT2D eigenvalue weighted by atomic mass is 19.1. The minimum absolute atomic E-state index is 0.127. The van der Waals surface area contributed by atoms with Crippen molar-refractivity contribution in [2.45, 2.75) is 45.7 Å². The molecule has 2 rings (SSSR count). The van der Waals surface area contributed by atoms with E-state index in [4.69, 9.17) is 5.73 Å². The maximum absolute atomic E-state index is 13.1. The van der Waals surface area contributed by atoms with Crippen molar-refractivity contribution in [2.75, 3.05) is 0 Å². The van der Waals surface area contributed by atoms with Crippen molar-refractivity contribution in [2.24, 2.45) is 5.73 Å². The third-order valence-electron chi connectivity index (χ3n) is 3.35. The van der Waals surface area contributed by atoms with Crippen LogP contribution in [-0.2, 0) is 12.8 Å². The molecule has 5 heteroatoms. The monoisotopic (exact) mass is 276 g/mol. The first-order valence-electron chi connectivity index (χ1n) is 7.02. The van der Waals surface area contributed by atoms with Gasteiger partial charge in [0, 0.05) is 18.9 Å². The predicted octanol–water partition coefficient (Wildman–Crippen LogP) is 2.48. The molecule has 2 atom stereocenters. The Morgan fingerprint density at radius 3 is 2.35 bits per heavy atom. The Labute approximate surface area is 118 Å². The third-order valence-corrected chi connectivity index (χ3v) is 3.35. The van der Waals surface area contributed by atoms with Gasteiger partial charge in [0.2, 0.25) is 0 Å². The van der Waals surface area contributed by atoms with Crippen LogP contribution in [0, 0.1) is 5.82 Å². The van der Waals surface area contributed by atoms with Gasteiger partial charge in [0.25, 0.3) is 0 Å². The summed E-state index contributed by atoms with van der Waals surface area (Å²) in [7, 11) is 0. The summed E-state index contributed by atoms with van der Waals surface area (Å²) in [6, 6.07) is 6.16. The lowest BCUT2D eigenvalue weighted by atomic mass is 10.0. The molecule has 0 aliphatic heterocycles. The number of benzene rings is 1. The van der Waals surface area contributed by atoms with Crippen LogP contribution in [-0.4, -0.2) is 20.8 Å². The molecule has 0 amide bonds. The molecule has 0 saturated carbocycles. The molecule has 4 nitrogen and oxygen atoms in total. The topological polar surface area (TPSA) is 56.7 Å². The standard InChI is InChI=1S/C15H21FN4/c1-4-13-18-14(5-2)20(19-13)15(10(3)17)11-6-8-12(16)9-7-11/h6-10,15H,4-5,17H2,1-3H3.